The van der Waals surface area contributed by atoms with E-state index in [-0.39, 0.29) is 17.0 Å². The van der Waals surface area contributed by atoms with Gasteiger partial charge >= 0.3 is 0 Å². The summed E-state index contributed by atoms with van der Waals surface area (Å²) < 4.78 is 26.8. The van der Waals surface area contributed by atoms with Gasteiger partial charge in [0.25, 0.3) is 5.91 Å². The molecule has 0 unspecified atom stereocenters. The van der Waals surface area contributed by atoms with Gasteiger partial charge in [-0.25, -0.2) is 18.4 Å². The van der Waals surface area contributed by atoms with E-state index in [9.17, 15) is 13.2 Å². The number of fused-ring (bicyclic) bond motifs is 1. The van der Waals surface area contributed by atoms with Crippen molar-refractivity contribution in [2.24, 2.45) is 0 Å². The summed E-state index contributed by atoms with van der Waals surface area (Å²) in [6.45, 7) is 2.01. The smallest absolute Gasteiger partial charge is 0.251 e. The number of nitriles is 1. The second-order valence-electron chi connectivity index (χ2n) is 6.39. The van der Waals surface area contributed by atoms with E-state index in [1.165, 1.54) is 12.4 Å². The second kappa shape index (κ2) is 9.30. The van der Waals surface area contributed by atoms with Crippen molar-refractivity contribution in [2.45, 2.75) is 11.8 Å². The minimum Gasteiger partial charge on any atom is -0.368 e. The van der Waals surface area contributed by atoms with E-state index in [0.29, 0.717) is 24.5 Å². The Bertz CT molecular complexity index is 1220. The largest absolute Gasteiger partial charge is 0.368 e. The lowest BCUT2D eigenvalue weighted by molar-refractivity contribution is 0.0955. The predicted molar refractivity (Wildman–Crippen MR) is 112 cm³/mol. The number of sulfonamides is 1. The normalized spacial score (nSPS) is 11.1. The first-order chi connectivity index (χ1) is 14.4. The molecule has 0 aliphatic heterocycles. The number of hydrogen-bond donors (Lipinski definition) is 3. The average Bonchev–Trinajstić information content (AvgIpc) is 2.75. The minimum atomic E-state index is -3.87. The highest BCUT2D eigenvalue weighted by molar-refractivity contribution is 7.89. The third-order valence-corrected chi connectivity index (χ3v) is 5.87. The van der Waals surface area contributed by atoms with Crippen LogP contribution in [-0.4, -0.2) is 43.9 Å². The van der Waals surface area contributed by atoms with E-state index in [4.69, 9.17) is 5.26 Å². The molecule has 0 aliphatic rings. The SMILES string of the molecule is Cc1ccc(C(=O)NCCNc2ncnc3ccccc23)cc1S(=O)(=O)NCC#N. The highest BCUT2D eigenvalue weighted by Crippen LogP contribution is 2.18. The lowest BCUT2D eigenvalue weighted by atomic mass is 10.1. The summed E-state index contributed by atoms with van der Waals surface area (Å²) in [5, 5.41) is 15.4. The van der Waals surface area contributed by atoms with Crippen LogP contribution in [0.2, 0.25) is 0 Å². The molecule has 3 rings (SSSR count). The number of rotatable bonds is 8. The number of aryl methyl sites for hydroxylation is 1. The molecule has 0 saturated carbocycles. The molecule has 1 amide bonds. The van der Waals surface area contributed by atoms with Crippen LogP contribution in [0.1, 0.15) is 15.9 Å². The summed E-state index contributed by atoms with van der Waals surface area (Å²) in [6.07, 6.45) is 1.47. The van der Waals surface area contributed by atoms with E-state index in [0.717, 1.165) is 10.9 Å². The standard InChI is InChI=1S/C20H20N6O3S/c1-14-6-7-15(12-18(14)30(28,29)26-9-8-21)20(27)23-11-10-22-19-16-4-2-3-5-17(16)24-13-25-19/h2-7,12-13,26H,9-11H2,1H3,(H,23,27)(H,22,24,25). The maximum Gasteiger partial charge on any atom is 0.251 e. The monoisotopic (exact) mass is 424 g/mol. The third kappa shape index (κ3) is 4.89. The Morgan fingerprint density at radius 3 is 2.73 bits per heavy atom. The van der Waals surface area contributed by atoms with Gasteiger partial charge < -0.3 is 10.6 Å². The fourth-order valence-corrected chi connectivity index (χ4v) is 4.02. The number of nitrogens with one attached hydrogen (secondary N) is 3. The molecule has 2 aromatic carbocycles. The fourth-order valence-electron chi connectivity index (χ4n) is 2.84. The molecule has 9 nitrogen and oxygen atoms in total. The van der Waals surface area contributed by atoms with Crippen molar-refractivity contribution in [2.75, 3.05) is 25.0 Å². The maximum absolute atomic E-state index is 12.4. The van der Waals surface area contributed by atoms with Crippen LogP contribution < -0.4 is 15.4 Å². The van der Waals surface area contributed by atoms with Gasteiger partial charge in [-0.15, -0.1) is 0 Å². The molecule has 3 N–H and O–H groups in total. The third-order valence-electron chi connectivity index (χ3n) is 4.33. The molecule has 10 heteroatoms. The number of carbonyl (C=O) groups excluding carboxylic acids is 1. The Labute approximate surface area is 174 Å². The van der Waals surface area contributed by atoms with E-state index < -0.39 is 15.9 Å². The van der Waals surface area contributed by atoms with E-state index in [1.54, 1.807) is 25.1 Å². The number of aromatic nitrogens is 2. The van der Waals surface area contributed by atoms with Crippen LogP contribution in [0.15, 0.2) is 53.7 Å². The van der Waals surface area contributed by atoms with Crippen LogP contribution in [0.5, 0.6) is 0 Å². The lowest BCUT2D eigenvalue weighted by Gasteiger charge is -2.11. The van der Waals surface area contributed by atoms with Gasteiger partial charge in [0.05, 0.1) is 23.0 Å². The first-order valence-electron chi connectivity index (χ1n) is 9.11. The van der Waals surface area contributed by atoms with Gasteiger partial charge in [0.2, 0.25) is 10.0 Å². The van der Waals surface area contributed by atoms with Gasteiger partial charge in [0.15, 0.2) is 0 Å². The number of amides is 1. The zero-order chi connectivity index (χ0) is 21.6. The van der Waals surface area contributed by atoms with Crippen molar-refractivity contribution in [1.29, 1.82) is 5.26 Å². The van der Waals surface area contributed by atoms with Gasteiger partial charge in [-0.05, 0) is 36.8 Å². The van der Waals surface area contributed by atoms with E-state index in [1.807, 2.05) is 24.3 Å². The Hall–Kier alpha value is -3.55. The number of para-hydroxylation sites is 1. The van der Waals surface area contributed by atoms with Crippen molar-refractivity contribution in [3.05, 3.63) is 59.9 Å². The summed E-state index contributed by atoms with van der Waals surface area (Å²) >= 11 is 0. The molecule has 3 aromatic rings. The van der Waals surface area contributed by atoms with Crippen molar-refractivity contribution in [3.8, 4) is 6.07 Å². The highest BCUT2D eigenvalue weighted by atomic mass is 32.2. The van der Waals surface area contributed by atoms with Crippen LogP contribution >= 0.6 is 0 Å². The van der Waals surface area contributed by atoms with Gasteiger partial charge in [-0.2, -0.15) is 9.98 Å². The average molecular weight is 424 g/mol. The predicted octanol–water partition coefficient (Wildman–Crippen LogP) is 1.58. The summed E-state index contributed by atoms with van der Waals surface area (Å²) in [5.41, 5.74) is 1.51. The van der Waals surface area contributed by atoms with Crippen molar-refractivity contribution < 1.29 is 13.2 Å². The molecule has 0 aliphatic carbocycles. The molecular formula is C20H20N6O3S. The molecule has 0 fully saturated rings. The van der Waals surface area contributed by atoms with Crippen LogP contribution in [0.25, 0.3) is 10.9 Å². The number of hydrogen-bond acceptors (Lipinski definition) is 7. The first-order valence-corrected chi connectivity index (χ1v) is 10.6. The fraction of sp³-hybridized carbons (Fsp3) is 0.200. The molecule has 0 radical (unpaired) electrons. The number of anilines is 1. The Balaban J connectivity index is 1.63. The molecule has 154 valence electrons. The Kier molecular flexibility index (Phi) is 6.56. The van der Waals surface area contributed by atoms with Gasteiger partial charge in [-0.3, -0.25) is 4.79 Å². The van der Waals surface area contributed by atoms with Crippen molar-refractivity contribution in [3.63, 3.8) is 0 Å². The molecule has 1 aromatic heterocycles. The Morgan fingerprint density at radius 1 is 1.13 bits per heavy atom. The maximum atomic E-state index is 12.4. The van der Waals surface area contributed by atoms with Gasteiger partial charge in [-0.1, -0.05) is 18.2 Å². The topological polar surface area (TPSA) is 137 Å². The molecule has 0 spiro atoms. The number of carbonyl (C=O) groups is 1. The van der Waals surface area contributed by atoms with Gasteiger partial charge in [0, 0.05) is 24.0 Å². The van der Waals surface area contributed by atoms with Gasteiger partial charge in [0.1, 0.15) is 12.1 Å². The second-order valence-corrected chi connectivity index (χ2v) is 8.12. The van der Waals surface area contributed by atoms with Crippen LogP contribution in [0, 0.1) is 18.3 Å². The zero-order valence-electron chi connectivity index (χ0n) is 16.2. The quantitative estimate of drug-likeness (QED) is 0.369. The van der Waals surface area contributed by atoms with Crippen LogP contribution in [-0.2, 0) is 10.0 Å². The number of benzene rings is 2. The van der Waals surface area contributed by atoms with E-state index >= 15 is 0 Å². The minimum absolute atomic E-state index is 0.0315. The Morgan fingerprint density at radius 2 is 1.93 bits per heavy atom. The van der Waals surface area contributed by atoms with Crippen molar-refractivity contribution in [1.82, 2.24) is 20.0 Å². The molecule has 30 heavy (non-hydrogen) atoms. The first kappa shape index (κ1) is 21.2. The zero-order valence-corrected chi connectivity index (χ0v) is 17.0. The summed E-state index contributed by atoms with van der Waals surface area (Å²) in [7, 11) is -3.87. The molecule has 0 saturated heterocycles. The highest BCUT2D eigenvalue weighted by Gasteiger charge is 2.18. The summed E-state index contributed by atoms with van der Waals surface area (Å²) in [5.74, 6) is 0.267. The molecule has 1 heterocycles. The van der Waals surface area contributed by atoms with Crippen molar-refractivity contribution >= 4 is 32.7 Å². The number of nitrogens with zero attached hydrogens (tertiary/aromatic N) is 3. The molecular weight excluding hydrogens is 404 g/mol. The summed E-state index contributed by atoms with van der Waals surface area (Å²) in [4.78, 5) is 20.8. The molecule has 0 atom stereocenters. The van der Waals surface area contributed by atoms with Crippen LogP contribution in [0.4, 0.5) is 5.82 Å². The van der Waals surface area contributed by atoms with E-state index in [2.05, 4.69) is 25.3 Å². The lowest BCUT2D eigenvalue weighted by Crippen LogP contribution is -2.29. The molecule has 0 bridgehead atoms. The van der Waals surface area contributed by atoms with Crippen LogP contribution in [0.3, 0.4) is 0 Å². The summed E-state index contributed by atoms with van der Waals surface area (Å²) in [6, 6.07) is 13.7.